The molecule has 0 aliphatic carbocycles. The maximum absolute atomic E-state index is 10.7. The van der Waals surface area contributed by atoms with Gasteiger partial charge in [0, 0.05) is 0 Å². The monoisotopic (exact) mass is 246 g/mol. The number of aromatic nitrogens is 1. The van der Waals surface area contributed by atoms with Crippen LogP contribution < -0.4 is 4.90 Å². The average Bonchev–Trinajstić information content (AvgIpc) is 2.71. The molecule has 0 spiro atoms. The number of carbonyl (C=O) groups is 1. The summed E-state index contributed by atoms with van der Waals surface area (Å²) in [5.74, 6) is 1.53. The Balaban J connectivity index is 2.35. The summed E-state index contributed by atoms with van der Waals surface area (Å²) in [7, 11) is 0. The molecule has 86 valence electrons. The third-order valence-corrected chi connectivity index (χ3v) is 3.26. The van der Waals surface area contributed by atoms with E-state index in [1.807, 2.05) is 24.3 Å². The number of thiazole rings is 1. The fourth-order valence-electron chi connectivity index (χ4n) is 1.46. The number of anilines is 1. The molecule has 1 aromatic carbocycles. The normalized spacial score (nSPS) is 10.1. The molecule has 0 radical (unpaired) electrons. The van der Waals surface area contributed by atoms with Crippen molar-refractivity contribution in [3.05, 3.63) is 24.3 Å². The summed E-state index contributed by atoms with van der Waals surface area (Å²) in [4.78, 5) is 16.7. The van der Waals surface area contributed by atoms with Gasteiger partial charge in [-0.2, -0.15) is 0 Å². The molecule has 0 aliphatic heterocycles. The first kappa shape index (κ1) is 11.4. The van der Waals surface area contributed by atoms with Gasteiger partial charge in [-0.05, 0) is 12.1 Å². The molecule has 0 atom stereocenters. The first-order valence-corrected chi connectivity index (χ1v) is 5.78. The summed E-state index contributed by atoms with van der Waals surface area (Å²) in [5.41, 5.74) is 0.861. The van der Waals surface area contributed by atoms with Crippen molar-refractivity contribution >= 4 is 32.7 Å². The topological polar surface area (TPSA) is 53.4 Å². The molecule has 0 fully saturated rings. The van der Waals surface area contributed by atoms with E-state index in [1.165, 1.54) is 11.3 Å². The molecule has 0 unspecified atom stereocenters. The van der Waals surface area contributed by atoms with Crippen molar-refractivity contribution in [1.29, 1.82) is 0 Å². The molecule has 0 saturated carbocycles. The molecule has 0 aliphatic rings. The molecule has 5 heteroatoms. The number of benzene rings is 1. The van der Waals surface area contributed by atoms with Gasteiger partial charge in [0.2, 0.25) is 0 Å². The minimum atomic E-state index is -0.917. The molecule has 4 nitrogen and oxygen atoms in total. The number of aliphatic carboxylic acids is 1. The Bertz CT molecular complexity index is 552. The standard InChI is InChI=1S/C12H10N2O2S/c1-2-7-14(8-11(15)16)12-13-9-5-3-4-6-10(9)17-12/h1,3-6H,7-8H2,(H,15,16). The molecule has 1 heterocycles. The van der Waals surface area contributed by atoms with Crippen molar-refractivity contribution in [2.75, 3.05) is 18.0 Å². The second-order valence-electron chi connectivity index (χ2n) is 3.42. The van der Waals surface area contributed by atoms with E-state index >= 15 is 0 Å². The van der Waals surface area contributed by atoms with Crippen LogP contribution in [0.3, 0.4) is 0 Å². The molecule has 1 aromatic heterocycles. The van der Waals surface area contributed by atoms with Crippen LogP contribution in [0, 0.1) is 12.3 Å². The van der Waals surface area contributed by atoms with Crippen LogP contribution in [0.2, 0.25) is 0 Å². The first-order valence-electron chi connectivity index (χ1n) is 4.96. The highest BCUT2D eigenvalue weighted by atomic mass is 32.1. The highest BCUT2D eigenvalue weighted by molar-refractivity contribution is 7.22. The third kappa shape index (κ3) is 2.55. The highest BCUT2D eigenvalue weighted by Gasteiger charge is 2.13. The Kier molecular flexibility index (Phi) is 3.26. The van der Waals surface area contributed by atoms with E-state index < -0.39 is 5.97 Å². The SMILES string of the molecule is C#CCN(CC(=O)O)c1nc2ccccc2s1. The number of para-hydroxylation sites is 1. The zero-order chi connectivity index (χ0) is 12.3. The van der Waals surface area contributed by atoms with Crippen molar-refractivity contribution in [2.24, 2.45) is 0 Å². The van der Waals surface area contributed by atoms with Crippen LogP contribution in [-0.2, 0) is 4.79 Å². The van der Waals surface area contributed by atoms with Gasteiger partial charge in [-0.25, -0.2) is 4.98 Å². The van der Waals surface area contributed by atoms with Crippen LogP contribution in [-0.4, -0.2) is 29.1 Å². The van der Waals surface area contributed by atoms with Crippen molar-refractivity contribution in [1.82, 2.24) is 4.98 Å². The lowest BCUT2D eigenvalue weighted by Gasteiger charge is -2.15. The number of fused-ring (bicyclic) bond motifs is 1. The summed E-state index contributed by atoms with van der Waals surface area (Å²) in [6, 6.07) is 7.66. The van der Waals surface area contributed by atoms with Crippen molar-refractivity contribution in [3.63, 3.8) is 0 Å². The number of nitrogens with zero attached hydrogens (tertiary/aromatic N) is 2. The van der Waals surface area contributed by atoms with Gasteiger partial charge in [0.1, 0.15) is 6.54 Å². The molecule has 0 saturated heterocycles. The van der Waals surface area contributed by atoms with E-state index in [0.29, 0.717) is 5.13 Å². The zero-order valence-electron chi connectivity index (χ0n) is 8.96. The number of terminal acetylenes is 1. The van der Waals surface area contributed by atoms with Gasteiger partial charge < -0.3 is 10.0 Å². The fourth-order valence-corrected chi connectivity index (χ4v) is 2.42. The lowest BCUT2D eigenvalue weighted by Crippen LogP contribution is -2.29. The maximum Gasteiger partial charge on any atom is 0.323 e. The average molecular weight is 246 g/mol. The molecule has 0 amide bonds. The predicted molar refractivity (Wildman–Crippen MR) is 68.3 cm³/mol. The van der Waals surface area contributed by atoms with Gasteiger partial charge in [-0.3, -0.25) is 4.79 Å². The number of carboxylic acids is 1. The Morgan fingerprint density at radius 2 is 2.29 bits per heavy atom. The molecule has 17 heavy (non-hydrogen) atoms. The summed E-state index contributed by atoms with van der Waals surface area (Å²) in [6.07, 6.45) is 5.23. The Hall–Kier alpha value is -2.06. The van der Waals surface area contributed by atoms with E-state index in [9.17, 15) is 4.79 Å². The molecule has 0 bridgehead atoms. The minimum absolute atomic E-state index is 0.135. The van der Waals surface area contributed by atoms with Gasteiger partial charge in [-0.15, -0.1) is 6.42 Å². The van der Waals surface area contributed by atoms with E-state index in [1.54, 1.807) is 4.90 Å². The second-order valence-corrected chi connectivity index (χ2v) is 4.43. The second kappa shape index (κ2) is 4.85. The van der Waals surface area contributed by atoms with E-state index in [2.05, 4.69) is 10.9 Å². The zero-order valence-corrected chi connectivity index (χ0v) is 9.78. The largest absolute Gasteiger partial charge is 0.480 e. The lowest BCUT2D eigenvalue weighted by atomic mass is 10.3. The van der Waals surface area contributed by atoms with Gasteiger partial charge >= 0.3 is 5.97 Å². The van der Waals surface area contributed by atoms with Crippen LogP contribution in [0.25, 0.3) is 10.2 Å². The Morgan fingerprint density at radius 3 is 2.94 bits per heavy atom. The summed E-state index contributed by atoms with van der Waals surface area (Å²) in [6.45, 7) is 0.107. The van der Waals surface area contributed by atoms with E-state index in [-0.39, 0.29) is 13.1 Å². The minimum Gasteiger partial charge on any atom is -0.480 e. The van der Waals surface area contributed by atoms with Crippen LogP contribution in [0.1, 0.15) is 0 Å². The number of hydrogen-bond acceptors (Lipinski definition) is 4. The molecular weight excluding hydrogens is 236 g/mol. The van der Waals surface area contributed by atoms with Crippen LogP contribution in [0.15, 0.2) is 24.3 Å². The lowest BCUT2D eigenvalue weighted by molar-refractivity contribution is -0.135. The number of carboxylic acid groups (broad SMARTS) is 1. The van der Waals surface area contributed by atoms with Gasteiger partial charge in [0.15, 0.2) is 5.13 Å². The van der Waals surface area contributed by atoms with Crippen molar-refractivity contribution in [2.45, 2.75) is 0 Å². The van der Waals surface area contributed by atoms with Crippen molar-refractivity contribution < 1.29 is 9.90 Å². The summed E-state index contributed by atoms with van der Waals surface area (Å²) < 4.78 is 1.02. The van der Waals surface area contributed by atoms with Gasteiger partial charge in [-0.1, -0.05) is 29.4 Å². The first-order chi connectivity index (χ1) is 8.20. The fraction of sp³-hybridized carbons (Fsp3) is 0.167. The third-order valence-electron chi connectivity index (χ3n) is 2.16. The molecule has 2 rings (SSSR count). The number of hydrogen-bond donors (Lipinski definition) is 1. The van der Waals surface area contributed by atoms with Gasteiger partial charge in [0.05, 0.1) is 16.8 Å². The van der Waals surface area contributed by atoms with Crippen LogP contribution >= 0.6 is 11.3 Å². The molecular formula is C12H10N2O2S. The van der Waals surface area contributed by atoms with Crippen molar-refractivity contribution in [3.8, 4) is 12.3 Å². The summed E-state index contributed by atoms with van der Waals surface area (Å²) >= 11 is 1.44. The van der Waals surface area contributed by atoms with Crippen LogP contribution in [0.5, 0.6) is 0 Å². The van der Waals surface area contributed by atoms with E-state index in [0.717, 1.165) is 10.2 Å². The molecule has 1 N–H and O–H groups in total. The maximum atomic E-state index is 10.7. The Morgan fingerprint density at radius 1 is 1.53 bits per heavy atom. The van der Waals surface area contributed by atoms with Gasteiger partial charge in [0.25, 0.3) is 0 Å². The highest BCUT2D eigenvalue weighted by Crippen LogP contribution is 2.28. The Labute approximate surface area is 103 Å². The van der Waals surface area contributed by atoms with Crippen LogP contribution in [0.4, 0.5) is 5.13 Å². The number of rotatable bonds is 4. The predicted octanol–water partition coefficient (Wildman–Crippen LogP) is 1.82. The summed E-state index contributed by atoms with van der Waals surface area (Å²) in [5, 5.41) is 9.46. The van der Waals surface area contributed by atoms with E-state index in [4.69, 9.17) is 11.5 Å². The smallest absolute Gasteiger partial charge is 0.323 e. The molecule has 2 aromatic rings. The quantitative estimate of drug-likeness (QED) is 0.836.